The van der Waals surface area contributed by atoms with Crippen molar-refractivity contribution in [3.05, 3.63) is 53.7 Å². The van der Waals surface area contributed by atoms with Gasteiger partial charge in [-0.2, -0.15) is 13.2 Å². The zero-order valence-corrected chi connectivity index (χ0v) is 17.5. The van der Waals surface area contributed by atoms with E-state index in [1.807, 2.05) is 31.2 Å². The summed E-state index contributed by atoms with van der Waals surface area (Å²) in [5.41, 5.74) is 2.80. The Hall–Kier alpha value is -4.02. The van der Waals surface area contributed by atoms with E-state index >= 15 is 0 Å². The third kappa shape index (κ3) is 5.82. The second-order valence-electron chi connectivity index (χ2n) is 6.81. The van der Waals surface area contributed by atoms with Crippen LogP contribution in [0.2, 0.25) is 0 Å². The van der Waals surface area contributed by atoms with Gasteiger partial charge in [0.25, 0.3) is 5.91 Å². The van der Waals surface area contributed by atoms with Crippen LogP contribution in [0.4, 0.5) is 18.9 Å². The lowest BCUT2D eigenvalue weighted by Gasteiger charge is -2.18. The standard InChI is InChI=1S/C20H18N2O4.C2HF3O2/c1-12-9-17(15-11-14(24-2)4-5-16(15)21-12)22-20(23)13-3-6-18-19(10-13)26-8-7-25-18;3-2(4,5)1(6)7/h3-6,9-11H,7-8H2,1-2H3,(H,21,22,23);(H,6,7). The number of hydrogen-bond donors (Lipinski definition) is 2. The number of nitrogens with zero attached hydrogens (tertiary/aromatic N) is 1. The van der Waals surface area contributed by atoms with Crippen molar-refractivity contribution in [3.8, 4) is 17.2 Å². The second-order valence-corrected chi connectivity index (χ2v) is 6.81. The maximum absolute atomic E-state index is 12.8. The first-order valence-electron chi connectivity index (χ1n) is 9.55. The Morgan fingerprint density at radius 1 is 1.06 bits per heavy atom. The first-order chi connectivity index (χ1) is 15.6. The van der Waals surface area contributed by atoms with E-state index in [2.05, 4.69) is 10.3 Å². The highest BCUT2D eigenvalue weighted by molar-refractivity contribution is 6.09. The molecule has 1 aliphatic heterocycles. The highest BCUT2D eigenvalue weighted by Crippen LogP contribution is 2.32. The van der Waals surface area contributed by atoms with E-state index in [-0.39, 0.29) is 5.91 Å². The molecule has 0 spiro atoms. The molecule has 1 aliphatic rings. The molecule has 0 unspecified atom stereocenters. The zero-order valence-electron chi connectivity index (χ0n) is 17.5. The fourth-order valence-corrected chi connectivity index (χ4v) is 2.95. The third-order valence-electron chi connectivity index (χ3n) is 4.44. The number of hydrogen-bond acceptors (Lipinski definition) is 6. The van der Waals surface area contributed by atoms with Gasteiger partial charge in [-0.05, 0) is 49.4 Å². The number of carboxylic acid groups (broad SMARTS) is 1. The minimum atomic E-state index is -5.08. The highest BCUT2D eigenvalue weighted by Gasteiger charge is 2.38. The minimum Gasteiger partial charge on any atom is -0.497 e. The van der Waals surface area contributed by atoms with Crippen molar-refractivity contribution in [1.29, 1.82) is 0 Å². The molecule has 3 aromatic rings. The van der Waals surface area contributed by atoms with Gasteiger partial charge in [-0.3, -0.25) is 9.78 Å². The maximum atomic E-state index is 12.8. The highest BCUT2D eigenvalue weighted by atomic mass is 19.4. The van der Waals surface area contributed by atoms with Gasteiger partial charge in [0.1, 0.15) is 19.0 Å². The number of fused-ring (bicyclic) bond motifs is 2. The summed E-state index contributed by atoms with van der Waals surface area (Å²) in [5, 5.41) is 10.9. The third-order valence-corrected chi connectivity index (χ3v) is 4.44. The Morgan fingerprint density at radius 3 is 2.36 bits per heavy atom. The van der Waals surface area contributed by atoms with Gasteiger partial charge in [-0.15, -0.1) is 0 Å². The van der Waals surface area contributed by atoms with Crippen LogP contribution in [0.5, 0.6) is 17.2 Å². The number of rotatable bonds is 3. The number of anilines is 1. The number of methoxy groups -OCH3 is 1. The van der Waals surface area contributed by atoms with Gasteiger partial charge < -0.3 is 24.6 Å². The fraction of sp³-hybridized carbons (Fsp3) is 0.227. The molecule has 0 radical (unpaired) electrons. The van der Waals surface area contributed by atoms with Gasteiger partial charge in [-0.25, -0.2) is 4.79 Å². The molecule has 1 amide bonds. The van der Waals surface area contributed by atoms with Crippen molar-refractivity contribution in [2.75, 3.05) is 25.6 Å². The summed E-state index contributed by atoms with van der Waals surface area (Å²) in [6, 6.07) is 12.6. The van der Waals surface area contributed by atoms with Crippen LogP contribution < -0.4 is 19.5 Å². The maximum Gasteiger partial charge on any atom is 0.490 e. The average molecular weight is 464 g/mol. The first kappa shape index (κ1) is 23.6. The van der Waals surface area contributed by atoms with Crippen molar-refractivity contribution < 1.29 is 42.1 Å². The molecule has 0 fully saturated rings. The lowest BCUT2D eigenvalue weighted by molar-refractivity contribution is -0.192. The lowest BCUT2D eigenvalue weighted by Crippen LogP contribution is -2.21. The van der Waals surface area contributed by atoms with Crippen LogP contribution in [0, 0.1) is 6.92 Å². The Bertz CT molecular complexity index is 1200. The van der Waals surface area contributed by atoms with E-state index in [1.165, 1.54) is 0 Å². The van der Waals surface area contributed by atoms with Crippen molar-refractivity contribution in [2.45, 2.75) is 13.1 Å². The van der Waals surface area contributed by atoms with Gasteiger partial charge in [-0.1, -0.05) is 0 Å². The van der Waals surface area contributed by atoms with Gasteiger partial charge in [0.05, 0.1) is 18.3 Å². The van der Waals surface area contributed by atoms with E-state index in [4.69, 9.17) is 24.1 Å². The van der Waals surface area contributed by atoms with Crippen LogP contribution in [0.1, 0.15) is 16.1 Å². The van der Waals surface area contributed by atoms with Crippen LogP contribution in [0.15, 0.2) is 42.5 Å². The van der Waals surface area contributed by atoms with Crippen LogP contribution in [0.25, 0.3) is 10.9 Å². The van der Waals surface area contributed by atoms with Gasteiger partial charge in [0.15, 0.2) is 11.5 Å². The second kappa shape index (κ2) is 9.63. The number of carbonyl (C=O) groups excluding carboxylic acids is 1. The summed E-state index contributed by atoms with van der Waals surface area (Å²) in [7, 11) is 1.61. The number of benzene rings is 2. The van der Waals surface area contributed by atoms with E-state index in [1.54, 1.807) is 25.3 Å². The molecule has 2 heterocycles. The summed E-state index contributed by atoms with van der Waals surface area (Å²) >= 11 is 0. The molecule has 0 atom stereocenters. The largest absolute Gasteiger partial charge is 0.497 e. The first-order valence-corrected chi connectivity index (χ1v) is 9.55. The predicted molar refractivity (Wildman–Crippen MR) is 112 cm³/mol. The van der Waals surface area contributed by atoms with E-state index in [9.17, 15) is 18.0 Å². The smallest absolute Gasteiger partial charge is 0.490 e. The summed E-state index contributed by atoms with van der Waals surface area (Å²) in [4.78, 5) is 26.2. The Balaban J connectivity index is 0.000000383. The molecule has 11 heteroatoms. The molecule has 4 rings (SSSR count). The molecular weight excluding hydrogens is 445 g/mol. The van der Waals surface area contributed by atoms with Crippen molar-refractivity contribution in [2.24, 2.45) is 0 Å². The molecule has 8 nitrogen and oxygen atoms in total. The topological polar surface area (TPSA) is 107 Å². The molecule has 2 N–H and O–H groups in total. The minimum absolute atomic E-state index is 0.225. The number of aliphatic carboxylic acids is 1. The number of nitrogens with one attached hydrogen (secondary N) is 1. The van der Waals surface area contributed by atoms with Crippen LogP contribution in [-0.4, -0.2) is 48.5 Å². The van der Waals surface area contributed by atoms with Crippen LogP contribution in [0.3, 0.4) is 0 Å². The number of aromatic nitrogens is 1. The van der Waals surface area contributed by atoms with Crippen molar-refractivity contribution in [1.82, 2.24) is 4.98 Å². The summed E-state index contributed by atoms with van der Waals surface area (Å²) in [6.45, 7) is 2.89. The predicted octanol–water partition coefficient (Wildman–Crippen LogP) is 4.21. The normalized spacial score (nSPS) is 12.4. The van der Waals surface area contributed by atoms with Gasteiger partial charge >= 0.3 is 12.1 Å². The Labute approximate surface area is 185 Å². The summed E-state index contributed by atoms with van der Waals surface area (Å²) < 4.78 is 48.1. The number of halogens is 3. The molecule has 0 bridgehead atoms. The van der Waals surface area contributed by atoms with Crippen LogP contribution in [-0.2, 0) is 4.79 Å². The summed E-state index contributed by atoms with van der Waals surface area (Å²) in [5.74, 6) is -1.04. The molecule has 0 saturated heterocycles. The van der Waals surface area contributed by atoms with Crippen molar-refractivity contribution in [3.63, 3.8) is 0 Å². The molecule has 2 aromatic carbocycles. The number of aryl methyl sites for hydroxylation is 1. The number of ether oxygens (including phenoxy) is 3. The molecule has 0 saturated carbocycles. The quantitative estimate of drug-likeness (QED) is 0.598. The molecule has 1 aromatic heterocycles. The molecule has 33 heavy (non-hydrogen) atoms. The molecular formula is C22H19F3N2O6. The molecule has 0 aliphatic carbocycles. The number of pyridine rings is 1. The van der Waals surface area contributed by atoms with E-state index < -0.39 is 12.1 Å². The zero-order chi connectivity index (χ0) is 24.2. The van der Waals surface area contributed by atoms with Gasteiger partial charge in [0, 0.05) is 16.6 Å². The number of carboxylic acids is 1. The Morgan fingerprint density at radius 2 is 1.73 bits per heavy atom. The fourth-order valence-electron chi connectivity index (χ4n) is 2.95. The number of amides is 1. The SMILES string of the molecule is COc1ccc2nc(C)cc(NC(=O)c3ccc4c(c3)OCCO4)c2c1.O=C(O)C(F)(F)F. The number of carbonyl (C=O) groups is 2. The van der Waals surface area contributed by atoms with Crippen molar-refractivity contribution >= 4 is 28.5 Å². The van der Waals surface area contributed by atoms with E-state index in [0.29, 0.717) is 41.7 Å². The van der Waals surface area contributed by atoms with Gasteiger partial charge in [0.2, 0.25) is 0 Å². The average Bonchev–Trinajstić information content (AvgIpc) is 2.78. The Kier molecular flexibility index (Phi) is 6.90. The van der Waals surface area contributed by atoms with Crippen LogP contribution >= 0.6 is 0 Å². The monoisotopic (exact) mass is 464 g/mol. The molecule has 174 valence electrons. The number of alkyl halides is 3. The summed E-state index contributed by atoms with van der Waals surface area (Å²) in [6.07, 6.45) is -5.08. The lowest BCUT2D eigenvalue weighted by atomic mass is 10.1. The van der Waals surface area contributed by atoms with E-state index in [0.717, 1.165) is 16.6 Å².